The summed E-state index contributed by atoms with van der Waals surface area (Å²) in [5.74, 6) is 0. The van der Waals surface area contributed by atoms with Gasteiger partial charge in [-0.2, -0.15) is 0 Å². The molecule has 1 unspecified atom stereocenters. The lowest BCUT2D eigenvalue weighted by molar-refractivity contribution is 0.0472. The molecule has 1 aromatic carbocycles. The van der Waals surface area contributed by atoms with Crippen molar-refractivity contribution < 1.29 is 4.74 Å². The van der Waals surface area contributed by atoms with Crippen LogP contribution in [0.4, 0.5) is 0 Å². The van der Waals surface area contributed by atoms with Gasteiger partial charge in [-0.05, 0) is 30.5 Å². The van der Waals surface area contributed by atoms with Crippen molar-refractivity contribution in [2.75, 3.05) is 20.2 Å². The van der Waals surface area contributed by atoms with Gasteiger partial charge >= 0.3 is 0 Å². The molecular weight excluding hydrogens is 254 g/mol. The Labute approximate surface area is 110 Å². The topological polar surface area (TPSA) is 21.3 Å². The largest absolute Gasteiger partial charge is 0.371 e. The first-order chi connectivity index (χ1) is 8.31. The van der Waals surface area contributed by atoms with Crippen molar-refractivity contribution in [2.24, 2.45) is 0 Å². The number of fused-ring (bicyclic) bond motifs is 3. The third-order valence-electron chi connectivity index (χ3n) is 3.15. The van der Waals surface area contributed by atoms with E-state index in [2.05, 4.69) is 11.4 Å². The van der Waals surface area contributed by atoms with Gasteiger partial charge in [0.25, 0.3) is 0 Å². The fourth-order valence-electron chi connectivity index (χ4n) is 2.39. The van der Waals surface area contributed by atoms with Gasteiger partial charge in [-0.3, -0.25) is 0 Å². The number of thiophene rings is 1. The van der Waals surface area contributed by atoms with Crippen LogP contribution in [0.2, 0.25) is 5.02 Å². The van der Waals surface area contributed by atoms with Crippen molar-refractivity contribution in [3.8, 4) is 0 Å². The monoisotopic (exact) mass is 267 g/mol. The Morgan fingerprint density at radius 1 is 1.53 bits per heavy atom. The molecule has 17 heavy (non-hydrogen) atoms. The van der Waals surface area contributed by atoms with Gasteiger partial charge in [-0.15, -0.1) is 11.3 Å². The van der Waals surface area contributed by atoms with Crippen molar-refractivity contribution in [3.63, 3.8) is 0 Å². The molecule has 0 amide bonds. The lowest BCUT2D eigenvalue weighted by Crippen LogP contribution is -2.23. The van der Waals surface area contributed by atoms with Gasteiger partial charge in [0, 0.05) is 11.4 Å². The molecule has 1 aliphatic rings. The summed E-state index contributed by atoms with van der Waals surface area (Å²) in [4.78, 5) is 1.34. The Morgan fingerprint density at radius 3 is 3.24 bits per heavy atom. The standard InChI is InChI=1S/C13H14ClNOS/c1-15-7-11-13-9(5-6-16-11)8-3-2-4-10(14)12(8)17-13/h2-4,11,15H,5-7H2,1H3. The Bertz CT molecular complexity index is 552. The predicted octanol–water partition coefficient (Wildman–Crippen LogP) is 3.39. The van der Waals surface area contributed by atoms with Crippen molar-refractivity contribution in [1.82, 2.24) is 5.32 Å². The molecule has 0 saturated carbocycles. The molecule has 2 aromatic rings. The van der Waals surface area contributed by atoms with Gasteiger partial charge < -0.3 is 10.1 Å². The van der Waals surface area contributed by atoms with Crippen LogP contribution in [0, 0.1) is 0 Å². The summed E-state index contributed by atoms with van der Waals surface area (Å²) in [6.07, 6.45) is 1.17. The van der Waals surface area contributed by atoms with E-state index in [0.717, 1.165) is 24.6 Å². The smallest absolute Gasteiger partial charge is 0.104 e. The average molecular weight is 268 g/mol. The third kappa shape index (κ3) is 1.87. The zero-order valence-corrected chi connectivity index (χ0v) is 11.2. The highest BCUT2D eigenvalue weighted by Crippen LogP contribution is 2.42. The highest BCUT2D eigenvalue weighted by molar-refractivity contribution is 7.20. The number of halogens is 1. The van der Waals surface area contributed by atoms with Crippen LogP contribution < -0.4 is 5.32 Å². The molecule has 0 bridgehead atoms. The molecule has 1 N–H and O–H groups in total. The highest BCUT2D eigenvalue weighted by atomic mass is 35.5. The number of likely N-dealkylation sites (N-methyl/N-ethyl adjacent to an activating group) is 1. The molecule has 0 spiro atoms. The van der Waals surface area contributed by atoms with Gasteiger partial charge in [0.05, 0.1) is 16.3 Å². The van der Waals surface area contributed by atoms with Gasteiger partial charge in [-0.1, -0.05) is 23.7 Å². The maximum Gasteiger partial charge on any atom is 0.104 e. The summed E-state index contributed by atoms with van der Waals surface area (Å²) < 4.78 is 7.02. The Kier molecular flexibility index (Phi) is 3.09. The lowest BCUT2D eigenvalue weighted by Gasteiger charge is -2.22. The molecule has 2 nitrogen and oxygen atoms in total. The van der Waals surface area contributed by atoms with E-state index >= 15 is 0 Å². The fraction of sp³-hybridized carbons (Fsp3) is 0.385. The minimum Gasteiger partial charge on any atom is -0.371 e. The molecule has 2 heterocycles. The summed E-state index contributed by atoms with van der Waals surface area (Å²) in [5, 5.41) is 5.35. The van der Waals surface area contributed by atoms with Crippen LogP contribution in [0.5, 0.6) is 0 Å². The van der Waals surface area contributed by atoms with Crippen LogP contribution in [-0.2, 0) is 11.2 Å². The van der Waals surface area contributed by atoms with E-state index in [9.17, 15) is 0 Å². The number of rotatable bonds is 2. The Balaban J connectivity index is 2.18. The molecule has 1 aliphatic heterocycles. The first-order valence-electron chi connectivity index (χ1n) is 5.77. The summed E-state index contributed by atoms with van der Waals surface area (Å²) in [5.41, 5.74) is 1.43. The van der Waals surface area contributed by atoms with Crippen LogP contribution in [-0.4, -0.2) is 20.2 Å². The fourth-order valence-corrected chi connectivity index (χ4v) is 3.98. The Hall–Kier alpha value is -0.610. The maximum atomic E-state index is 6.26. The molecule has 1 atom stereocenters. The van der Waals surface area contributed by atoms with E-state index in [1.165, 1.54) is 20.5 Å². The average Bonchev–Trinajstić information content (AvgIpc) is 2.71. The molecule has 0 aliphatic carbocycles. The van der Waals surface area contributed by atoms with Gasteiger partial charge in [0.15, 0.2) is 0 Å². The van der Waals surface area contributed by atoms with Gasteiger partial charge in [-0.25, -0.2) is 0 Å². The second-order valence-corrected chi connectivity index (χ2v) is 5.69. The summed E-state index contributed by atoms with van der Waals surface area (Å²) in [6, 6.07) is 6.15. The maximum absolute atomic E-state index is 6.26. The van der Waals surface area contributed by atoms with Crippen LogP contribution in [0.3, 0.4) is 0 Å². The summed E-state index contributed by atoms with van der Waals surface area (Å²) in [6.45, 7) is 1.66. The number of ether oxygens (including phenoxy) is 1. The van der Waals surface area contributed by atoms with E-state index in [-0.39, 0.29) is 6.10 Å². The lowest BCUT2D eigenvalue weighted by atomic mass is 10.0. The third-order valence-corrected chi connectivity index (χ3v) is 4.95. The molecule has 0 fully saturated rings. The van der Waals surface area contributed by atoms with Crippen molar-refractivity contribution in [2.45, 2.75) is 12.5 Å². The second-order valence-electron chi connectivity index (χ2n) is 4.23. The van der Waals surface area contributed by atoms with Crippen LogP contribution in [0.25, 0.3) is 10.1 Å². The molecule has 0 saturated heterocycles. The zero-order chi connectivity index (χ0) is 11.8. The SMILES string of the molecule is CNCC1OCCc2c1sc1c(Cl)cccc21. The van der Waals surface area contributed by atoms with Gasteiger partial charge in [0.2, 0.25) is 0 Å². The quantitative estimate of drug-likeness (QED) is 0.901. The van der Waals surface area contributed by atoms with E-state index in [4.69, 9.17) is 16.3 Å². The minimum atomic E-state index is 0.178. The number of hydrogen-bond donors (Lipinski definition) is 1. The van der Waals surface area contributed by atoms with E-state index in [1.54, 1.807) is 11.3 Å². The molecule has 90 valence electrons. The molecule has 0 radical (unpaired) electrons. The molecule has 3 rings (SSSR count). The van der Waals surface area contributed by atoms with Crippen LogP contribution >= 0.6 is 22.9 Å². The summed E-state index contributed by atoms with van der Waals surface area (Å²) in [7, 11) is 1.96. The van der Waals surface area contributed by atoms with E-state index in [1.807, 2.05) is 19.2 Å². The van der Waals surface area contributed by atoms with Gasteiger partial charge in [0.1, 0.15) is 6.10 Å². The van der Waals surface area contributed by atoms with E-state index < -0.39 is 0 Å². The minimum absolute atomic E-state index is 0.178. The number of hydrogen-bond acceptors (Lipinski definition) is 3. The molecular formula is C13H14ClNOS. The normalized spacial score (nSPS) is 19.5. The van der Waals surface area contributed by atoms with Crippen molar-refractivity contribution in [1.29, 1.82) is 0 Å². The molecule has 4 heteroatoms. The van der Waals surface area contributed by atoms with Crippen molar-refractivity contribution >= 4 is 33.0 Å². The number of benzene rings is 1. The predicted molar refractivity (Wildman–Crippen MR) is 73.2 cm³/mol. The second kappa shape index (κ2) is 4.58. The Morgan fingerprint density at radius 2 is 2.41 bits per heavy atom. The zero-order valence-electron chi connectivity index (χ0n) is 9.63. The molecule has 1 aromatic heterocycles. The van der Waals surface area contributed by atoms with Crippen LogP contribution in [0.1, 0.15) is 16.5 Å². The van der Waals surface area contributed by atoms with Crippen LogP contribution in [0.15, 0.2) is 18.2 Å². The first-order valence-corrected chi connectivity index (χ1v) is 6.96. The van der Waals surface area contributed by atoms with E-state index in [0.29, 0.717) is 0 Å². The highest BCUT2D eigenvalue weighted by Gasteiger charge is 2.25. The summed E-state index contributed by atoms with van der Waals surface area (Å²) >= 11 is 8.03. The number of nitrogens with one attached hydrogen (secondary N) is 1. The van der Waals surface area contributed by atoms with Crippen molar-refractivity contribution in [3.05, 3.63) is 33.7 Å². The first kappa shape index (κ1) is 11.5.